The molecule has 0 saturated carbocycles. The Morgan fingerprint density at radius 3 is 2.52 bits per heavy atom. The molecule has 0 unspecified atom stereocenters. The summed E-state index contributed by atoms with van der Waals surface area (Å²) in [6, 6.07) is 10.3. The predicted molar refractivity (Wildman–Crippen MR) is 102 cm³/mol. The highest BCUT2D eigenvalue weighted by atomic mass is 35.5. The molecular formula is C18H15Cl2N3O4. The summed E-state index contributed by atoms with van der Waals surface area (Å²) in [5.74, 6) is -1.87. The number of pyridine rings is 1. The van der Waals surface area contributed by atoms with Gasteiger partial charge in [-0.1, -0.05) is 53.5 Å². The third kappa shape index (κ3) is 6.73. The van der Waals surface area contributed by atoms with Crippen LogP contribution in [0.25, 0.3) is 6.08 Å². The van der Waals surface area contributed by atoms with E-state index in [4.69, 9.17) is 27.9 Å². The number of carbonyl (C=O) groups is 3. The van der Waals surface area contributed by atoms with Crippen LogP contribution < -0.4 is 10.6 Å². The Morgan fingerprint density at radius 2 is 1.89 bits per heavy atom. The second-order valence-electron chi connectivity index (χ2n) is 5.26. The maximum atomic E-state index is 12.2. The lowest BCUT2D eigenvalue weighted by Crippen LogP contribution is -2.29. The summed E-state index contributed by atoms with van der Waals surface area (Å²) < 4.78 is 4.94. The van der Waals surface area contributed by atoms with Crippen molar-refractivity contribution in [3.05, 3.63) is 63.9 Å². The third-order valence-electron chi connectivity index (χ3n) is 3.04. The maximum absolute atomic E-state index is 12.2. The highest BCUT2D eigenvalue weighted by Gasteiger charge is 2.16. The van der Waals surface area contributed by atoms with E-state index in [0.717, 1.165) is 0 Å². The third-order valence-corrected chi connectivity index (χ3v) is 3.54. The molecule has 2 N–H and O–H groups in total. The first-order valence-corrected chi connectivity index (χ1v) is 8.43. The van der Waals surface area contributed by atoms with E-state index < -0.39 is 24.4 Å². The number of rotatable bonds is 6. The lowest BCUT2D eigenvalue weighted by atomic mass is 10.2. The van der Waals surface area contributed by atoms with Crippen LogP contribution in [0.4, 0.5) is 5.82 Å². The van der Waals surface area contributed by atoms with Gasteiger partial charge >= 0.3 is 5.97 Å². The summed E-state index contributed by atoms with van der Waals surface area (Å²) in [5.41, 5.74) is 0.587. The van der Waals surface area contributed by atoms with Gasteiger partial charge in [-0.15, -0.1) is 0 Å². The predicted octanol–water partition coefficient (Wildman–Crippen LogP) is 3.05. The molecule has 0 atom stereocenters. The number of hydrogen-bond donors (Lipinski definition) is 2. The van der Waals surface area contributed by atoms with E-state index in [9.17, 15) is 14.4 Å². The van der Waals surface area contributed by atoms with Crippen LogP contribution in [0, 0.1) is 0 Å². The van der Waals surface area contributed by atoms with Crippen molar-refractivity contribution in [2.45, 2.75) is 6.92 Å². The molecule has 27 heavy (non-hydrogen) atoms. The number of esters is 1. The fourth-order valence-electron chi connectivity index (χ4n) is 1.94. The summed E-state index contributed by atoms with van der Waals surface area (Å²) in [6.07, 6.45) is 2.76. The summed E-state index contributed by atoms with van der Waals surface area (Å²) in [5, 5.41) is 5.24. The number of benzene rings is 1. The number of nitrogens with zero attached hydrogens (tertiary/aromatic N) is 1. The Labute approximate surface area is 165 Å². The van der Waals surface area contributed by atoms with Crippen LogP contribution in [0.5, 0.6) is 0 Å². The van der Waals surface area contributed by atoms with Crippen LogP contribution in [0.1, 0.15) is 12.5 Å². The fraction of sp³-hybridized carbons (Fsp3) is 0.111. The molecule has 1 heterocycles. The van der Waals surface area contributed by atoms with Crippen molar-refractivity contribution in [3.8, 4) is 0 Å². The van der Waals surface area contributed by atoms with Gasteiger partial charge in [0.05, 0.1) is 10.0 Å². The Bertz CT molecular complexity index is 885. The molecule has 0 fully saturated rings. The van der Waals surface area contributed by atoms with Gasteiger partial charge in [-0.2, -0.15) is 0 Å². The molecule has 140 valence electrons. The zero-order valence-corrected chi connectivity index (χ0v) is 15.7. The lowest BCUT2D eigenvalue weighted by Gasteiger charge is -2.10. The molecule has 2 rings (SSSR count). The van der Waals surface area contributed by atoms with Gasteiger partial charge in [0, 0.05) is 13.1 Å². The number of halogens is 2. The van der Waals surface area contributed by atoms with E-state index >= 15 is 0 Å². The fourth-order valence-corrected chi connectivity index (χ4v) is 2.36. The quantitative estimate of drug-likeness (QED) is 0.566. The minimum absolute atomic E-state index is 0.0871. The van der Waals surface area contributed by atoms with E-state index in [0.29, 0.717) is 10.6 Å². The molecular weight excluding hydrogens is 393 g/mol. The van der Waals surface area contributed by atoms with E-state index in [2.05, 4.69) is 15.6 Å². The zero-order valence-electron chi connectivity index (χ0n) is 14.2. The van der Waals surface area contributed by atoms with Gasteiger partial charge < -0.3 is 15.4 Å². The number of amides is 2. The Morgan fingerprint density at radius 1 is 1.19 bits per heavy atom. The summed E-state index contributed by atoms with van der Waals surface area (Å²) in [6.45, 7) is 0.665. The van der Waals surface area contributed by atoms with E-state index in [-0.39, 0.29) is 16.5 Å². The molecule has 9 heteroatoms. The largest absolute Gasteiger partial charge is 0.451 e. The van der Waals surface area contributed by atoms with Gasteiger partial charge in [0.15, 0.2) is 12.4 Å². The standard InChI is InChI=1S/C18H15Cl2N3O4/c1-11(24)22-15(7-12-5-3-2-4-6-12)18(26)27-10-16(25)23-17-14(20)8-13(19)9-21-17/h2-9H,10H2,1H3,(H,22,24)(H,21,23,25). The van der Waals surface area contributed by atoms with Gasteiger partial charge in [0.1, 0.15) is 5.70 Å². The summed E-state index contributed by atoms with van der Waals surface area (Å²) >= 11 is 11.6. The molecule has 1 aromatic heterocycles. The summed E-state index contributed by atoms with van der Waals surface area (Å²) in [4.78, 5) is 39.3. The first-order valence-electron chi connectivity index (χ1n) is 7.67. The molecule has 0 aliphatic heterocycles. The molecule has 0 spiro atoms. The molecule has 0 radical (unpaired) electrons. The van der Waals surface area contributed by atoms with Crippen molar-refractivity contribution in [1.29, 1.82) is 0 Å². The second-order valence-corrected chi connectivity index (χ2v) is 6.10. The van der Waals surface area contributed by atoms with E-state index in [1.807, 2.05) is 6.07 Å². The van der Waals surface area contributed by atoms with Crippen molar-refractivity contribution < 1.29 is 19.1 Å². The molecule has 1 aromatic carbocycles. The minimum atomic E-state index is -0.862. The van der Waals surface area contributed by atoms with Gasteiger partial charge in [0.25, 0.3) is 5.91 Å². The topological polar surface area (TPSA) is 97.4 Å². The Balaban J connectivity index is 2.01. The second kappa shape index (κ2) is 9.70. The van der Waals surface area contributed by atoms with Crippen molar-refractivity contribution >= 4 is 52.9 Å². The monoisotopic (exact) mass is 407 g/mol. The van der Waals surface area contributed by atoms with Crippen molar-refractivity contribution in [2.75, 3.05) is 11.9 Å². The van der Waals surface area contributed by atoms with E-state index in [1.54, 1.807) is 24.3 Å². The number of aromatic nitrogens is 1. The lowest BCUT2D eigenvalue weighted by molar-refractivity contribution is -0.144. The highest BCUT2D eigenvalue weighted by molar-refractivity contribution is 6.36. The number of anilines is 1. The highest BCUT2D eigenvalue weighted by Crippen LogP contribution is 2.22. The van der Waals surface area contributed by atoms with Crippen LogP contribution in [0.2, 0.25) is 10.0 Å². The van der Waals surface area contributed by atoms with Gasteiger partial charge in [0.2, 0.25) is 5.91 Å². The van der Waals surface area contributed by atoms with Crippen LogP contribution in [0.3, 0.4) is 0 Å². The number of nitrogens with one attached hydrogen (secondary N) is 2. The van der Waals surface area contributed by atoms with Crippen LogP contribution >= 0.6 is 23.2 Å². The smallest absolute Gasteiger partial charge is 0.355 e. The number of ether oxygens (including phenoxy) is 1. The van der Waals surface area contributed by atoms with Gasteiger partial charge in [-0.3, -0.25) is 9.59 Å². The molecule has 2 amide bonds. The van der Waals surface area contributed by atoms with Crippen LogP contribution in [-0.2, 0) is 19.1 Å². The SMILES string of the molecule is CC(=O)NC(=Cc1ccccc1)C(=O)OCC(=O)Nc1ncc(Cl)cc1Cl. The van der Waals surface area contributed by atoms with Crippen molar-refractivity contribution in [1.82, 2.24) is 10.3 Å². The first-order chi connectivity index (χ1) is 12.8. The molecule has 2 aromatic rings. The van der Waals surface area contributed by atoms with Crippen LogP contribution in [-0.4, -0.2) is 29.4 Å². The average molecular weight is 408 g/mol. The van der Waals surface area contributed by atoms with E-state index in [1.165, 1.54) is 25.3 Å². The molecule has 0 aliphatic carbocycles. The Hall–Kier alpha value is -2.90. The number of hydrogen-bond acceptors (Lipinski definition) is 5. The molecule has 0 bridgehead atoms. The maximum Gasteiger partial charge on any atom is 0.355 e. The average Bonchev–Trinajstić information content (AvgIpc) is 2.62. The van der Waals surface area contributed by atoms with Crippen molar-refractivity contribution in [3.63, 3.8) is 0 Å². The molecule has 0 saturated heterocycles. The Kier molecular flexibility index (Phi) is 7.34. The zero-order chi connectivity index (χ0) is 19.8. The minimum Gasteiger partial charge on any atom is -0.451 e. The molecule has 0 aliphatic rings. The van der Waals surface area contributed by atoms with Gasteiger partial charge in [-0.05, 0) is 17.7 Å². The normalized spacial score (nSPS) is 10.9. The summed E-state index contributed by atoms with van der Waals surface area (Å²) in [7, 11) is 0. The molecule has 7 nitrogen and oxygen atoms in total. The number of carbonyl (C=O) groups excluding carboxylic acids is 3. The first kappa shape index (κ1) is 20.4. The van der Waals surface area contributed by atoms with Crippen molar-refractivity contribution in [2.24, 2.45) is 0 Å². The van der Waals surface area contributed by atoms with Crippen LogP contribution in [0.15, 0.2) is 48.3 Å². The van der Waals surface area contributed by atoms with Gasteiger partial charge in [-0.25, -0.2) is 9.78 Å².